The zero-order chi connectivity index (χ0) is 14.1. The Hall–Kier alpha value is -1.10. The quantitative estimate of drug-likeness (QED) is 0.868. The second kappa shape index (κ2) is 5.72. The highest BCUT2D eigenvalue weighted by atomic mass is 35.5. The number of aryl methyl sites for hydroxylation is 1. The van der Waals surface area contributed by atoms with Crippen molar-refractivity contribution >= 4 is 22.5 Å². The molecular weight excluding hydrogens is 274 g/mol. The zero-order valence-electron chi connectivity index (χ0n) is 12.0. The predicted octanol–water partition coefficient (Wildman–Crippen LogP) is 2.70. The van der Waals surface area contributed by atoms with E-state index in [-0.39, 0.29) is 0 Å². The van der Waals surface area contributed by atoms with Crippen LogP contribution in [0.3, 0.4) is 0 Å². The molecule has 1 saturated heterocycles. The lowest BCUT2D eigenvalue weighted by Gasteiger charge is -2.19. The van der Waals surface area contributed by atoms with Crippen LogP contribution >= 0.6 is 11.6 Å². The van der Waals surface area contributed by atoms with E-state index in [1.54, 1.807) is 0 Å². The highest BCUT2D eigenvalue weighted by Gasteiger charge is 2.19. The molecule has 1 aliphatic rings. The summed E-state index contributed by atoms with van der Waals surface area (Å²) in [6.07, 6.45) is 1.16. The maximum atomic E-state index is 6.34. The maximum absolute atomic E-state index is 6.34. The monoisotopic (exact) mass is 293 g/mol. The van der Waals surface area contributed by atoms with Gasteiger partial charge in [-0.2, -0.15) is 5.10 Å². The summed E-state index contributed by atoms with van der Waals surface area (Å²) < 4.78 is 7.34. The molecule has 0 spiro atoms. The molecule has 2 heterocycles. The van der Waals surface area contributed by atoms with E-state index in [0.29, 0.717) is 5.92 Å². The Labute approximate surface area is 124 Å². The number of hydrogen-bond donors (Lipinski definition) is 0. The summed E-state index contributed by atoms with van der Waals surface area (Å²) in [6.45, 7) is 3.64. The third kappa shape index (κ3) is 2.68. The van der Waals surface area contributed by atoms with E-state index in [2.05, 4.69) is 23.1 Å². The van der Waals surface area contributed by atoms with Crippen LogP contribution in [0.5, 0.6) is 0 Å². The Morgan fingerprint density at radius 2 is 2.35 bits per heavy atom. The molecule has 0 radical (unpaired) electrons. The fourth-order valence-electron chi connectivity index (χ4n) is 2.95. The average molecular weight is 294 g/mol. The van der Waals surface area contributed by atoms with Crippen molar-refractivity contribution in [3.8, 4) is 0 Å². The second-order valence-electron chi connectivity index (χ2n) is 5.63. The van der Waals surface area contributed by atoms with Crippen LogP contribution in [0, 0.1) is 5.92 Å². The molecule has 5 heteroatoms. The average Bonchev–Trinajstić information content (AvgIpc) is 3.00. The fraction of sp³-hybridized carbons (Fsp3) is 0.533. The Kier molecular flexibility index (Phi) is 3.96. The van der Waals surface area contributed by atoms with Gasteiger partial charge in [-0.05, 0) is 31.5 Å². The summed E-state index contributed by atoms with van der Waals surface area (Å²) >= 11 is 6.34. The smallest absolute Gasteiger partial charge is 0.0858 e. The molecule has 2 aromatic rings. The van der Waals surface area contributed by atoms with Gasteiger partial charge in [0.1, 0.15) is 0 Å². The van der Waals surface area contributed by atoms with Crippen LogP contribution in [-0.2, 0) is 18.3 Å². The lowest BCUT2D eigenvalue weighted by molar-refractivity contribution is 0.172. The van der Waals surface area contributed by atoms with Crippen molar-refractivity contribution in [2.75, 3.05) is 26.8 Å². The van der Waals surface area contributed by atoms with Crippen molar-refractivity contribution in [1.82, 2.24) is 14.7 Å². The number of ether oxygens (including phenoxy) is 1. The van der Waals surface area contributed by atoms with Crippen molar-refractivity contribution in [1.29, 1.82) is 0 Å². The SMILES string of the molecule is CN(Cc1nn(C)c2cccc(Cl)c12)CC1CCOC1. The number of rotatable bonds is 4. The Morgan fingerprint density at radius 3 is 3.10 bits per heavy atom. The summed E-state index contributed by atoms with van der Waals surface area (Å²) in [5.74, 6) is 0.644. The third-order valence-corrected chi connectivity index (χ3v) is 4.23. The molecule has 0 N–H and O–H groups in total. The van der Waals surface area contributed by atoms with Gasteiger partial charge >= 0.3 is 0 Å². The molecule has 1 unspecified atom stereocenters. The predicted molar refractivity (Wildman–Crippen MR) is 81.0 cm³/mol. The van der Waals surface area contributed by atoms with Crippen LogP contribution in [0.25, 0.3) is 10.9 Å². The molecule has 3 rings (SSSR count). The van der Waals surface area contributed by atoms with Crippen molar-refractivity contribution < 1.29 is 4.74 Å². The number of nitrogens with zero attached hydrogens (tertiary/aromatic N) is 3. The Balaban J connectivity index is 1.79. The first-order valence-electron chi connectivity index (χ1n) is 7.01. The van der Waals surface area contributed by atoms with Crippen molar-refractivity contribution in [3.63, 3.8) is 0 Å². The van der Waals surface area contributed by atoms with E-state index in [4.69, 9.17) is 16.3 Å². The first-order chi connectivity index (χ1) is 9.65. The molecule has 20 heavy (non-hydrogen) atoms. The number of halogens is 1. The molecule has 1 fully saturated rings. The third-order valence-electron chi connectivity index (χ3n) is 3.91. The standard InChI is InChI=1S/C15H20ClN3O/c1-18(8-11-6-7-20-10-11)9-13-15-12(16)4-3-5-14(15)19(2)17-13/h3-5,11H,6-10H2,1-2H3. The molecule has 108 valence electrons. The van der Waals surface area contributed by atoms with Crippen molar-refractivity contribution in [2.24, 2.45) is 13.0 Å². The second-order valence-corrected chi connectivity index (χ2v) is 6.04. The van der Waals surface area contributed by atoms with Gasteiger partial charge < -0.3 is 9.64 Å². The van der Waals surface area contributed by atoms with Gasteiger partial charge in [0.15, 0.2) is 0 Å². The molecule has 1 atom stereocenters. The van der Waals surface area contributed by atoms with E-state index in [9.17, 15) is 0 Å². The van der Waals surface area contributed by atoms with Crippen molar-refractivity contribution in [2.45, 2.75) is 13.0 Å². The Bertz CT molecular complexity index is 604. The normalized spacial score (nSPS) is 19.3. The molecular formula is C15H20ClN3O. The van der Waals surface area contributed by atoms with Crippen LogP contribution in [-0.4, -0.2) is 41.5 Å². The number of hydrogen-bond acceptors (Lipinski definition) is 3. The minimum atomic E-state index is 0.644. The van der Waals surface area contributed by atoms with Gasteiger partial charge in [-0.25, -0.2) is 0 Å². The fourth-order valence-corrected chi connectivity index (χ4v) is 3.23. The van der Waals surface area contributed by atoms with E-state index in [1.807, 2.05) is 23.9 Å². The molecule has 0 amide bonds. The molecule has 1 aromatic heterocycles. The first kappa shape index (κ1) is 13.9. The summed E-state index contributed by atoms with van der Waals surface area (Å²) in [7, 11) is 4.10. The molecule has 0 saturated carbocycles. The van der Waals surface area contributed by atoms with Crippen LogP contribution in [0.15, 0.2) is 18.2 Å². The minimum Gasteiger partial charge on any atom is -0.381 e. The van der Waals surface area contributed by atoms with Crippen LogP contribution < -0.4 is 0 Å². The number of fused-ring (bicyclic) bond motifs is 1. The van der Waals surface area contributed by atoms with Gasteiger partial charge in [-0.1, -0.05) is 17.7 Å². The highest BCUT2D eigenvalue weighted by Crippen LogP contribution is 2.27. The van der Waals surface area contributed by atoms with E-state index in [1.165, 1.54) is 0 Å². The number of benzene rings is 1. The summed E-state index contributed by atoms with van der Waals surface area (Å²) in [5, 5.41) is 6.48. The molecule has 1 aromatic carbocycles. The highest BCUT2D eigenvalue weighted by molar-refractivity contribution is 6.35. The van der Waals surface area contributed by atoms with Crippen LogP contribution in [0.2, 0.25) is 5.02 Å². The largest absolute Gasteiger partial charge is 0.381 e. The number of aromatic nitrogens is 2. The van der Waals surface area contributed by atoms with Gasteiger partial charge in [0.05, 0.1) is 22.8 Å². The summed E-state index contributed by atoms with van der Waals surface area (Å²) in [6, 6.07) is 5.96. The van der Waals surface area contributed by atoms with Crippen LogP contribution in [0.4, 0.5) is 0 Å². The first-order valence-corrected chi connectivity index (χ1v) is 7.39. The van der Waals surface area contributed by atoms with Gasteiger partial charge in [0, 0.05) is 32.1 Å². The van der Waals surface area contributed by atoms with Crippen molar-refractivity contribution in [3.05, 3.63) is 28.9 Å². The molecule has 0 bridgehead atoms. The van der Waals surface area contributed by atoms with E-state index >= 15 is 0 Å². The zero-order valence-corrected chi connectivity index (χ0v) is 12.7. The minimum absolute atomic E-state index is 0.644. The van der Waals surface area contributed by atoms with E-state index < -0.39 is 0 Å². The van der Waals surface area contributed by atoms with Crippen LogP contribution in [0.1, 0.15) is 12.1 Å². The molecule has 0 aliphatic carbocycles. The molecule has 4 nitrogen and oxygen atoms in total. The lowest BCUT2D eigenvalue weighted by atomic mass is 10.1. The lowest BCUT2D eigenvalue weighted by Crippen LogP contribution is -2.25. The van der Waals surface area contributed by atoms with Gasteiger partial charge in [0.25, 0.3) is 0 Å². The maximum Gasteiger partial charge on any atom is 0.0858 e. The van der Waals surface area contributed by atoms with Gasteiger partial charge in [-0.15, -0.1) is 0 Å². The Morgan fingerprint density at radius 1 is 1.50 bits per heavy atom. The molecule has 1 aliphatic heterocycles. The summed E-state index contributed by atoms with van der Waals surface area (Å²) in [5.41, 5.74) is 2.14. The van der Waals surface area contributed by atoms with E-state index in [0.717, 1.165) is 54.3 Å². The topological polar surface area (TPSA) is 30.3 Å². The van der Waals surface area contributed by atoms with Gasteiger partial charge in [0.2, 0.25) is 0 Å². The summed E-state index contributed by atoms with van der Waals surface area (Å²) in [4.78, 5) is 2.31. The van der Waals surface area contributed by atoms with Gasteiger partial charge in [-0.3, -0.25) is 4.68 Å².